The molecule has 1 aromatic heterocycles. The quantitative estimate of drug-likeness (QED) is 0.870. The average molecular weight is 319 g/mol. The number of furan rings is 1. The smallest absolute Gasteiger partial charge is 0.148 e. The maximum Gasteiger partial charge on any atom is 0.148 e. The first-order chi connectivity index (χ1) is 6.63. The standard InChI is InChI=1S/C10H9Br2NO/c1-5-7-2-6(11)3-8(12)10(7)14-9(5)4-13/h2-3H,4,13H2,1H3. The van der Waals surface area contributed by atoms with Gasteiger partial charge in [-0.15, -0.1) is 0 Å². The van der Waals surface area contributed by atoms with Crippen LogP contribution in [0.15, 0.2) is 25.5 Å². The third-order valence-electron chi connectivity index (χ3n) is 2.24. The second-order valence-electron chi connectivity index (χ2n) is 3.12. The van der Waals surface area contributed by atoms with Gasteiger partial charge in [0.1, 0.15) is 11.3 Å². The molecule has 0 fully saturated rings. The number of nitrogens with two attached hydrogens (primary N) is 1. The van der Waals surface area contributed by atoms with Crippen molar-refractivity contribution in [3.8, 4) is 0 Å². The van der Waals surface area contributed by atoms with E-state index in [0.29, 0.717) is 6.54 Å². The van der Waals surface area contributed by atoms with Crippen LogP contribution in [0.2, 0.25) is 0 Å². The van der Waals surface area contributed by atoms with Gasteiger partial charge in [0.2, 0.25) is 0 Å². The highest BCUT2D eigenvalue weighted by atomic mass is 79.9. The first-order valence-corrected chi connectivity index (χ1v) is 5.79. The Morgan fingerprint density at radius 3 is 2.71 bits per heavy atom. The van der Waals surface area contributed by atoms with Crippen LogP contribution < -0.4 is 5.73 Å². The lowest BCUT2D eigenvalue weighted by atomic mass is 10.1. The minimum absolute atomic E-state index is 0.435. The summed E-state index contributed by atoms with van der Waals surface area (Å²) in [6.45, 7) is 2.46. The second kappa shape index (κ2) is 3.68. The van der Waals surface area contributed by atoms with Gasteiger partial charge in [-0.05, 0) is 40.5 Å². The maximum atomic E-state index is 5.64. The summed E-state index contributed by atoms with van der Waals surface area (Å²) in [6.07, 6.45) is 0. The van der Waals surface area contributed by atoms with Crippen LogP contribution in [0, 0.1) is 6.92 Å². The number of benzene rings is 1. The van der Waals surface area contributed by atoms with Crippen molar-refractivity contribution in [3.05, 3.63) is 32.4 Å². The molecule has 2 aromatic rings. The monoisotopic (exact) mass is 317 g/mol. The highest BCUT2D eigenvalue weighted by molar-refractivity contribution is 9.11. The summed E-state index contributed by atoms with van der Waals surface area (Å²) in [4.78, 5) is 0. The lowest BCUT2D eigenvalue weighted by Gasteiger charge is -1.94. The van der Waals surface area contributed by atoms with Crippen LogP contribution in [0.3, 0.4) is 0 Å². The van der Waals surface area contributed by atoms with Crippen molar-refractivity contribution in [2.45, 2.75) is 13.5 Å². The molecule has 0 aliphatic carbocycles. The Bertz CT molecular complexity index is 490. The van der Waals surface area contributed by atoms with E-state index in [0.717, 1.165) is 31.2 Å². The molecule has 0 radical (unpaired) electrons. The van der Waals surface area contributed by atoms with E-state index in [2.05, 4.69) is 31.9 Å². The Labute approximate surface area is 98.7 Å². The molecule has 1 aromatic carbocycles. The molecule has 2 rings (SSSR count). The van der Waals surface area contributed by atoms with Crippen LogP contribution in [0.25, 0.3) is 11.0 Å². The lowest BCUT2D eigenvalue weighted by Crippen LogP contribution is -1.95. The van der Waals surface area contributed by atoms with Crippen LogP contribution in [-0.2, 0) is 6.54 Å². The lowest BCUT2D eigenvalue weighted by molar-refractivity contribution is 0.547. The van der Waals surface area contributed by atoms with Gasteiger partial charge < -0.3 is 10.2 Å². The Kier molecular flexibility index (Phi) is 2.68. The van der Waals surface area contributed by atoms with Gasteiger partial charge in [-0.1, -0.05) is 15.9 Å². The molecule has 4 heteroatoms. The van der Waals surface area contributed by atoms with Crippen molar-refractivity contribution in [2.24, 2.45) is 5.73 Å². The third kappa shape index (κ3) is 1.51. The normalized spacial score (nSPS) is 11.1. The van der Waals surface area contributed by atoms with Crippen LogP contribution in [0.4, 0.5) is 0 Å². The van der Waals surface area contributed by atoms with Crippen LogP contribution in [0.1, 0.15) is 11.3 Å². The van der Waals surface area contributed by atoms with E-state index in [1.807, 2.05) is 19.1 Å². The van der Waals surface area contributed by atoms with E-state index in [-0.39, 0.29) is 0 Å². The van der Waals surface area contributed by atoms with E-state index in [4.69, 9.17) is 10.2 Å². The molecule has 14 heavy (non-hydrogen) atoms. The van der Waals surface area contributed by atoms with Crippen molar-refractivity contribution >= 4 is 42.8 Å². The fraction of sp³-hybridized carbons (Fsp3) is 0.200. The van der Waals surface area contributed by atoms with E-state index in [1.54, 1.807) is 0 Å². The summed E-state index contributed by atoms with van der Waals surface area (Å²) in [5.41, 5.74) is 7.56. The fourth-order valence-corrected chi connectivity index (χ4v) is 2.79. The number of hydrogen-bond donors (Lipinski definition) is 1. The zero-order chi connectivity index (χ0) is 10.3. The molecule has 0 saturated heterocycles. The summed E-state index contributed by atoms with van der Waals surface area (Å²) >= 11 is 6.91. The molecule has 0 amide bonds. The third-order valence-corrected chi connectivity index (χ3v) is 3.29. The molecule has 0 aliphatic heterocycles. The number of fused-ring (bicyclic) bond motifs is 1. The maximum absolute atomic E-state index is 5.64. The summed E-state index contributed by atoms with van der Waals surface area (Å²) in [5, 5.41) is 1.10. The van der Waals surface area contributed by atoms with Gasteiger partial charge in [-0.3, -0.25) is 0 Å². The molecule has 0 aliphatic rings. The van der Waals surface area contributed by atoms with Gasteiger partial charge in [0.25, 0.3) is 0 Å². The van der Waals surface area contributed by atoms with E-state index >= 15 is 0 Å². The number of hydrogen-bond acceptors (Lipinski definition) is 2. The molecule has 74 valence electrons. The van der Waals surface area contributed by atoms with Crippen LogP contribution in [0.5, 0.6) is 0 Å². The van der Waals surface area contributed by atoms with Crippen LogP contribution in [-0.4, -0.2) is 0 Å². The zero-order valence-corrected chi connectivity index (χ0v) is 10.8. The Morgan fingerprint density at radius 2 is 2.07 bits per heavy atom. The molecule has 0 saturated carbocycles. The summed E-state index contributed by atoms with van der Waals surface area (Å²) < 4.78 is 7.62. The van der Waals surface area contributed by atoms with E-state index in [1.165, 1.54) is 0 Å². The largest absolute Gasteiger partial charge is 0.458 e. The summed E-state index contributed by atoms with van der Waals surface area (Å²) in [5.74, 6) is 0.846. The first-order valence-electron chi connectivity index (χ1n) is 4.20. The van der Waals surface area contributed by atoms with Crippen molar-refractivity contribution in [3.63, 3.8) is 0 Å². The average Bonchev–Trinajstić information content (AvgIpc) is 2.44. The van der Waals surface area contributed by atoms with E-state index in [9.17, 15) is 0 Å². The molecular weight excluding hydrogens is 310 g/mol. The second-order valence-corrected chi connectivity index (χ2v) is 4.89. The van der Waals surface area contributed by atoms with Crippen LogP contribution >= 0.6 is 31.9 Å². The van der Waals surface area contributed by atoms with Gasteiger partial charge in [0.15, 0.2) is 0 Å². The predicted molar refractivity (Wildman–Crippen MR) is 64.2 cm³/mol. The van der Waals surface area contributed by atoms with Crippen molar-refractivity contribution in [1.82, 2.24) is 0 Å². The SMILES string of the molecule is Cc1c(CN)oc2c(Br)cc(Br)cc12. The number of rotatable bonds is 1. The van der Waals surface area contributed by atoms with Gasteiger partial charge in [0.05, 0.1) is 11.0 Å². The Morgan fingerprint density at radius 1 is 1.36 bits per heavy atom. The highest BCUT2D eigenvalue weighted by Gasteiger charge is 2.12. The fourth-order valence-electron chi connectivity index (χ4n) is 1.49. The van der Waals surface area contributed by atoms with Gasteiger partial charge in [0, 0.05) is 9.86 Å². The van der Waals surface area contributed by atoms with Crippen molar-refractivity contribution in [1.29, 1.82) is 0 Å². The predicted octanol–water partition coefficient (Wildman–Crippen LogP) is 3.72. The molecular formula is C10H9Br2NO. The Balaban J connectivity index is 2.85. The molecule has 2 N–H and O–H groups in total. The summed E-state index contributed by atoms with van der Waals surface area (Å²) in [7, 11) is 0. The molecule has 2 nitrogen and oxygen atoms in total. The zero-order valence-electron chi connectivity index (χ0n) is 7.60. The molecule has 0 bridgehead atoms. The van der Waals surface area contributed by atoms with Gasteiger partial charge in [-0.25, -0.2) is 0 Å². The Hall–Kier alpha value is -0.320. The van der Waals surface area contributed by atoms with Crippen molar-refractivity contribution < 1.29 is 4.42 Å². The van der Waals surface area contributed by atoms with Crippen molar-refractivity contribution in [2.75, 3.05) is 0 Å². The first kappa shape index (κ1) is 10.2. The molecule has 0 spiro atoms. The minimum Gasteiger partial charge on any atom is -0.458 e. The molecule has 0 atom stereocenters. The molecule has 1 heterocycles. The van der Waals surface area contributed by atoms with E-state index < -0.39 is 0 Å². The topological polar surface area (TPSA) is 39.2 Å². The molecule has 0 unspecified atom stereocenters. The number of halogens is 2. The van der Waals surface area contributed by atoms with Gasteiger partial charge >= 0.3 is 0 Å². The number of aryl methyl sites for hydroxylation is 1. The van der Waals surface area contributed by atoms with Gasteiger partial charge in [-0.2, -0.15) is 0 Å². The summed E-state index contributed by atoms with van der Waals surface area (Å²) in [6, 6.07) is 4.00. The minimum atomic E-state index is 0.435. The highest BCUT2D eigenvalue weighted by Crippen LogP contribution is 2.33.